The molecule has 0 saturated carbocycles. The van der Waals surface area contributed by atoms with Crippen molar-refractivity contribution in [2.75, 3.05) is 0 Å². The van der Waals surface area contributed by atoms with E-state index < -0.39 is 62.8 Å². The molecule has 0 fully saturated rings. The van der Waals surface area contributed by atoms with E-state index in [1.54, 1.807) is 0 Å². The number of alkyl halides is 12. The second-order valence-electron chi connectivity index (χ2n) is 6.53. The molecule has 2 atom stereocenters. The summed E-state index contributed by atoms with van der Waals surface area (Å²) < 4.78 is 164. The molecule has 0 spiro atoms. The van der Waals surface area contributed by atoms with Gasteiger partial charge in [-0.25, -0.2) is 4.39 Å². The second kappa shape index (κ2) is 7.71. The van der Waals surface area contributed by atoms with Crippen molar-refractivity contribution in [3.05, 3.63) is 64.0 Å². The maximum absolute atomic E-state index is 15.7. The molecule has 1 aliphatic carbocycles. The predicted octanol–water partition coefficient (Wildman–Crippen LogP) is 7.25. The highest BCUT2D eigenvalue weighted by Crippen LogP contribution is 2.64. The molecule has 0 heterocycles. The van der Waals surface area contributed by atoms with Crippen molar-refractivity contribution in [3.63, 3.8) is 0 Å². The molecule has 14 heteroatoms. The SMILES string of the molecule is N#Cc1ccccc1C1(C(F)(C(F)(F)F)C(F)(F)C(F)(F)F)C=C(Br)[CH]C(C(F)(F)F)=C1. The summed E-state index contributed by atoms with van der Waals surface area (Å²) in [6.07, 6.45) is -20.7. The number of benzene rings is 1. The van der Waals surface area contributed by atoms with E-state index in [0.717, 1.165) is 12.1 Å². The van der Waals surface area contributed by atoms with Gasteiger partial charge in [0.05, 0.1) is 17.0 Å². The maximum atomic E-state index is 15.7. The van der Waals surface area contributed by atoms with Crippen molar-refractivity contribution in [1.29, 1.82) is 5.26 Å². The van der Waals surface area contributed by atoms with Crippen LogP contribution in [0.3, 0.4) is 0 Å². The largest absolute Gasteiger partial charge is 0.457 e. The smallest absolute Gasteiger partial charge is 0.225 e. The lowest BCUT2D eigenvalue weighted by molar-refractivity contribution is -0.392. The van der Waals surface area contributed by atoms with E-state index in [9.17, 15) is 48.3 Å². The Labute approximate surface area is 180 Å². The van der Waals surface area contributed by atoms with Gasteiger partial charge in [-0.3, -0.25) is 0 Å². The van der Waals surface area contributed by atoms with Crippen molar-refractivity contribution in [2.24, 2.45) is 0 Å². The third-order valence-corrected chi connectivity index (χ3v) is 5.07. The minimum absolute atomic E-state index is 0.0652. The van der Waals surface area contributed by atoms with Crippen LogP contribution in [0.25, 0.3) is 0 Å². The fraction of sp³-hybridized carbons (Fsp3) is 0.333. The summed E-state index contributed by atoms with van der Waals surface area (Å²) in [4.78, 5) is 0. The van der Waals surface area contributed by atoms with Crippen LogP contribution in [-0.2, 0) is 5.41 Å². The molecule has 1 aliphatic rings. The zero-order chi connectivity index (χ0) is 25.0. The Bertz CT molecular complexity index is 995. The quantitative estimate of drug-likeness (QED) is 0.368. The third kappa shape index (κ3) is 3.78. The van der Waals surface area contributed by atoms with Crippen LogP contribution < -0.4 is 0 Å². The molecular formula is C18H7BrF12N. The molecular weight excluding hydrogens is 538 g/mol. The zero-order valence-corrected chi connectivity index (χ0v) is 16.5. The first-order valence-corrected chi connectivity index (χ1v) is 8.78. The summed E-state index contributed by atoms with van der Waals surface area (Å²) in [5, 5.41) is 9.14. The molecule has 1 aromatic carbocycles. The van der Waals surface area contributed by atoms with Gasteiger partial charge in [-0.1, -0.05) is 46.3 Å². The van der Waals surface area contributed by atoms with Crippen LogP contribution in [0.5, 0.6) is 0 Å². The summed E-state index contributed by atoms with van der Waals surface area (Å²) >= 11 is 2.34. The third-order valence-electron chi connectivity index (χ3n) is 4.61. The van der Waals surface area contributed by atoms with Crippen molar-refractivity contribution in [1.82, 2.24) is 0 Å². The summed E-state index contributed by atoms with van der Waals surface area (Å²) in [5.41, 5.74) is -15.9. The fourth-order valence-corrected chi connectivity index (χ4v) is 3.86. The van der Waals surface area contributed by atoms with Gasteiger partial charge >= 0.3 is 24.5 Å². The molecule has 0 aliphatic heterocycles. The van der Waals surface area contributed by atoms with Crippen LogP contribution in [0.15, 0.2) is 46.5 Å². The van der Waals surface area contributed by atoms with Crippen LogP contribution in [0.1, 0.15) is 11.1 Å². The van der Waals surface area contributed by atoms with E-state index in [4.69, 9.17) is 5.26 Å². The zero-order valence-electron chi connectivity index (χ0n) is 14.9. The van der Waals surface area contributed by atoms with E-state index in [2.05, 4.69) is 15.9 Å². The molecule has 2 unspecified atom stereocenters. The Kier molecular flexibility index (Phi) is 6.28. The van der Waals surface area contributed by atoms with Crippen LogP contribution in [-0.4, -0.2) is 30.1 Å². The van der Waals surface area contributed by atoms with Crippen LogP contribution >= 0.6 is 15.9 Å². The fourth-order valence-electron chi connectivity index (χ4n) is 3.25. The molecule has 1 aromatic rings. The number of allylic oxidation sites excluding steroid dienone is 4. The van der Waals surface area contributed by atoms with Gasteiger partial charge in [0.1, 0.15) is 0 Å². The van der Waals surface area contributed by atoms with Crippen molar-refractivity contribution < 1.29 is 52.7 Å². The van der Waals surface area contributed by atoms with Crippen LogP contribution in [0, 0.1) is 17.8 Å². The van der Waals surface area contributed by atoms with Gasteiger partial charge < -0.3 is 0 Å². The number of hydrogen-bond acceptors (Lipinski definition) is 1. The Morgan fingerprint density at radius 2 is 1.31 bits per heavy atom. The molecule has 0 N–H and O–H groups in total. The minimum Gasteiger partial charge on any atom is -0.225 e. The number of halogens is 13. The van der Waals surface area contributed by atoms with Crippen LogP contribution in [0.4, 0.5) is 52.7 Å². The summed E-state index contributed by atoms with van der Waals surface area (Å²) in [5.74, 6) is -7.25. The summed E-state index contributed by atoms with van der Waals surface area (Å²) in [6.45, 7) is 0. The van der Waals surface area contributed by atoms with Gasteiger partial charge in [0.15, 0.2) is 0 Å². The van der Waals surface area contributed by atoms with E-state index in [1.165, 1.54) is 6.07 Å². The van der Waals surface area contributed by atoms with Gasteiger partial charge in [-0.2, -0.15) is 53.6 Å². The molecule has 175 valence electrons. The molecule has 32 heavy (non-hydrogen) atoms. The summed E-state index contributed by atoms with van der Waals surface area (Å²) in [6, 6.07) is 3.83. The monoisotopic (exact) mass is 544 g/mol. The van der Waals surface area contributed by atoms with Gasteiger partial charge in [0.25, 0.3) is 5.67 Å². The van der Waals surface area contributed by atoms with Crippen molar-refractivity contribution in [2.45, 2.75) is 35.5 Å². The van der Waals surface area contributed by atoms with E-state index in [-0.39, 0.29) is 12.5 Å². The lowest BCUT2D eigenvalue weighted by Crippen LogP contribution is -2.71. The van der Waals surface area contributed by atoms with E-state index in [1.807, 2.05) is 0 Å². The molecule has 0 bridgehead atoms. The molecule has 1 radical (unpaired) electrons. The Balaban J connectivity index is 3.21. The molecule has 0 amide bonds. The van der Waals surface area contributed by atoms with Gasteiger partial charge in [0.2, 0.25) is 0 Å². The molecule has 0 saturated heterocycles. The van der Waals surface area contributed by atoms with Crippen LogP contribution in [0.2, 0.25) is 0 Å². The predicted molar refractivity (Wildman–Crippen MR) is 89.2 cm³/mol. The van der Waals surface area contributed by atoms with E-state index >= 15 is 4.39 Å². The topological polar surface area (TPSA) is 23.8 Å². The van der Waals surface area contributed by atoms with Crippen molar-refractivity contribution in [3.8, 4) is 6.07 Å². The lowest BCUT2D eigenvalue weighted by atomic mass is 9.61. The molecule has 0 aromatic heterocycles. The number of nitriles is 1. The maximum Gasteiger partial charge on any atom is 0.457 e. The van der Waals surface area contributed by atoms with E-state index in [0.29, 0.717) is 12.1 Å². The van der Waals surface area contributed by atoms with Gasteiger partial charge in [-0.05, 0) is 11.6 Å². The normalized spacial score (nSPS) is 22.5. The number of rotatable bonds is 3. The number of hydrogen-bond donors (Lipinski definition) is 0. The Morgan fingerprint density at radius 1 is 0.781 bits per heavy atom. The number of nitrogens with zero attached hydrogens (tertiary/aromatic N) is 1. The average molecular weight is 545 g/mol. The minimum atomic E-state index is -7.25. The molecule has 2 rings (SSSR count). The highest BCUT2D eigenvalue weighted by atomic mass is 79.9. The Hall–Kier alpha value is -2.17. The highest BCUT2D eigenvalue weighted by molar-refractivity contribution is 9.11. The van der Waals surface area contributed by atoms with Gasteiger partial charge in [-0.15, -0.1) is 0 Å². The first-order valence-electron chi connectivity index (χ1n) is 7.99. The standard InChI is InChI=1S/C18H7BrF12N/c19-11-5-10(14(20,21)22)6-13(7-11,12-4-2-1-3-9(12)8-32)15(23,17(26,27)28)16(24,25)18(29,30)31/h1-7H. The summed E-state index contributed by atoms with van der Waals surface area (Å²) in [7, 11) is 0. The van der Waals surface area contributed by atoms with Gasteiger partial charge in [0, 0.05) is 16.5 Å². The average Bonchev–Trinajstić information content (AvgIpc) is 2.63. The molecule has 1 nitrogen and oxygen atoms in total. The van der Waals surface area contributed by atoms with Crippen molar-refractivity contribution >= 4 is 15.9 Å². The first kappa shape index (κ1) is 26.1. The highest BCUT2D eigenvalue weighted by Gasteiger charge is 2.87. The second-order valence-corrected chi connectivity index (χ2v) is 7.44. The first-order chi connectivity index (χ1) is 14.3. The Morgan fingerprint density at radius 3 is 1.75 bits per heavy atom. The lowest BCUT2D eigenvalue weighted by Gasteiger charge is -2.48.